The predicted octanol–water partition coefficient (Wildman–Crippen LogP) is 1.23. The number of nitrogens with one attached hydrogen (secondary N) is 1. The van der Waals surface area contributed by atoms with Crippen LogP contribution in [0.2, 0.25) is 0 Å². The van der Waals surface area contributed by atoms with Gasteiger partial charge in [-0.25, -0.2) is 0 Å². The van der Waals surface area contributed by atoms with Crippen LogP contribution in [0.3, 0.4) is 0 Å². The second-order valence-electron chi connectivity index (χ2n) is 7.60. The van der Waals surface area contributed by atoms with Crippen LogP contribution in [-0.4, -0.2) is 78.0 Å². The van der Waals surface area contributed by atoms with E-state index in [0.29, 0.717) is 5.69 Å². The van der Waals surface area contributed by atoms with Gasteiger partial charge in [-0.15, -0.1) is 0 Å². The number of carbonyl (C=O) groups is 3. The van der Waals surface area contributed by atoms with Crippen molar-refractivity contribution in [1.82, 2.24) is 9.80 Å². The highest BCUT2D eigenvalue weighted by atomic mass is 16.4. The minimum atomic E-state index is -0.825. The summed E-state index contributed by atoms with van der Waals surface area (Å²) in [5.74, 6) is -1.10. The van der Waals surface area contributed by atoms with E-state index in [1.54, 1.807) is 11.0 Å². The lowest BCUT2D eigenvalue weighted by Gasteiger charge is -2.35. The number of para-hydroxylation sites is 2. The summed E-state index contributed by atoms with van der Waals surface area (Å²) in [6.45, 7) is 3.45. The number of likely N-dealkylation sites (N-methyl/N-ethyl adjacent to an activating group) is 1. The number of carboxylic acid groups (broad SMARTS) is 1. The van der Waals surface area contributed by atoms with Crippen molar-refractivity contribution >= 4 is 29.2 Å². The van der Waals surface area contributed by atoms with E-state index < -0.39 is 5.97 Å². The molecule has 152 valence electrons. The van der Waals surface area contributed by atoms with Gasteiger partial charge in [0, 0.05) is 12.6 Å². The Morgan fingerprint density at radius 2 is 2.04 bits per heavy atom. The highest BCUT2D eigenvalue weighted by Gasteiger charge is 2.33. The first-order chi connectivity index (χ1) is 13.4. The molecule has 2 atom stereocenters. The summed E-state index contributed by atoms with van der Waals surface area (Å²) in [6, 6.07) is 7.19. The Bertz CT molecular complexity index is 753. The maximum Gasteiger partial charge on any atom is 0.317 e. The zero-order chi connectivity index (χ0) is 20.3. The smallest absolute Gasteiger partial charge is 0.317 e. The highest BCUT2D eigenvalue weighted by Crippen LogP contribution is 2.30. The van der Waals surface area contributed by atoms with Crippen LogP contribution in [0.5, 0.6) is 0 Å². The molecule has 8 nitrogen and oxygen atoms in total. The van der Waals surface area contributed by atoms with Crippen LogP contribution in [-0.2, 0) is 14.4 Å². The lowest BCUT2D eigenvalue weighted by atomic mass is 10.1. The molecule has 2 heterocycles. The Morgan fingerprint density at radius 3 is 2.79 bits per heavy atom. The zero-order valence-electron chi connectivity index (χ0n) is 16.4. The van der Waals surface area contributed by atoms with Crippen LogP contribution in [0, 0.1) is 0 Å². The fourth-order valence-electron chi connectivity index (χ4n) is 4.08. The van der Waals surface area contributed by atoms with Crippen LogP contribution in [0.1, 0.15) is 26.2 Å². The fourth-order valence-corrected chi connectivity index (χ4v) is 4.08. The second-order valence-corrected chi connectivity index (χ2v) is 7.60. The molecule has 0 radical (unpaired) electrons. The van der Waals surface area contributed by atoms with Crippen molar-refractivity contribution in [3.05, 3.63) is 24.3 Å². The van der Waals surface area contributed by atoms with Crippen LogP contribution in [0.25, 0.3) is 0 Å². The largest absolute Gasteiger partial charge is 0.480 e. The van der Waals surface area contributed by atoms with Gasteiger partial charge in [-0.1, -0.05) is 12.1 Å². The number of hydrogen-bond donors (Lipinski definition) is 2. The van der Waals surface area contributed by atoms with Crippen LogP contribution in [0.4, 0.5) is 11.4 Å². The van der Waals surface area contributed by atoms with E-state index in [2.05, 4.69) is 10.2 Å². The van der Waals surface area contributed by atoms with Gasteiger partial charge in [0.2, 0.25) is 11.8 Å². The molecule has 1 aromatic carbocycles. The summed E-state index contributed by atoms with van der Waals surface area (Å²) in [5.41, 5.74) is 1.39. The van der Waals surface area contributed by atoms with Gasteiger partial charge in [0.05, 0.1) is 24.0 Å². The number of hydrogen-bond acceptors (Lipinski definition) is 5. The number of fused-ring (bicyclic) bond motifs is 1. The SMILES string of the molecule is CC(C(=O)N1CC(=O)Nc2ccccc21)N1CCCC(N(C)CC(=O)O)CC1. The number of carbonyl (C=O) groups excluding carboxylic acids is 2. The lowest BCUT2D eigenvalue weighted by molar-refractivity contribution is -0.138. The van der Waals surface area contributed by atoms with Gasteiger partial charge in [0.15, 0.2) is 0 Å². The van der Waals surface area contributed by atoms with E-state index in [1.165, 1.54) is 0 Å². The quantitative estimate of drug-likeness (QED) is 0.788. The number of benzene rings is 1. The van der Waals surface area contributed by atoms with E-state index in [-0.39, 0.29) is 37.0 Å². The molecule has 1 saturated heterocycles. The van der Waals surface area contributed by atoms with Crippen molar-refractivity contribution in [3.8, 4) is 0 Å². The van der Waals surface area contributed by atoms with Gasteiger partial charge in [-0.2, -0.15) is 0 Å². The molecule has 1 fully saturated rings. The molecule has 8 heteroatoms. The molecule has 28 heavy (non-hydrogen) atoms. The summed E-state index contributed by atoms with van der Waals surface area (Å²) >= 11 is 0. The minimum absolute atomic E-state index is 0.0258. The molecule has 0 aromatic heterocycles. The van der Waals surface area contributed by atoms with Crippen molar-refractivity contribution in [2.24, 2.45) is 0 Å². The average Bonchev–Trinajstić information content (AvgIpc) is 2.92. The van der Waals surface area contributed by atoms with Crippen molar-refractivity contribution in [1.29, 1.82) is 0 Å². The number of likely N-dealkylation sites (tertiary alicyclic amines) is 1. The van der Waals surface area contributed by atoms with Gasteiger partial charge in [-0.3, -0.25) is 29.1 Å². The molecular formula is C20H28N4O4. The van der Waals surface area contributed by atoms with E-state index >= 15 is 0 Å². The Hall–Kier alpha value is -2.45. The average molecular weight is 388 g/mol. The predicted molar refractivity (Wildman–Crippen MR) is 106 cm³/mol. The molecular weight excluding hydrogens is 360 g/mol. The molecule has 0 spiro atoms. The van der Waals surface area contributed by atoms with Crippen LogP contribution in [0.15, 0.2) is 24.3 Å². The first-order valence-electron chi connectivity index (χ1n) is 9.73. The summed E-state index contributed by atoms with van der Waals surface area (Å²) in [6.07, 6.45) is 2.64. The summed E-state index contributed by atoms with van der Waals surface area (Å²) in [5, 5.41) is 11.8. The Balaban J connectivity index is 1.67. The van der Waals surface area contributed by atoms with Crippen LogP contribution >= 0.6 is 0 Å². The normalized spacial score (nSPS) is 21.6. The standard InChI is InChI=1S/C20H28N4O4/c1-14(23-10-5-6-15(9-11-23)22(2)13-19(26)27)20(28)24-12-18(25)21-16-7-3-4-8-17(16)24/h3-4,7-8,14-15H,5-6,9-13H2,1-2H3,(H,21,25)(H,26,27). The molecule has 0 aliphatic carbocycles. The molecule has 2 amide bonds. The van der Waals surface area contributed by atoms with Crippen LogP contribution < -0.4 is 10.2 Å². The third kappa shape index (κ3) is 4.51. The second kappa shape index (κ2) is 8.70. The summed E-state index contributed by atoms with van der Waals surface area (Å²) in [4.78, 5) is 41.8. The van der Waals surface area contributed by atoms with Crippen molar-refractivity contribution in [2.45, 2.75) is 38.3 Å². The number of aliphatic carboxylic acids is 1. The number of rotatable bonds is 5. The van der Waals surface area contributed by atoms with Crippen molar-refractivity contribution in [3.63, 3.8) is 0 Å². The molecule has 3 rings (SSSR count). The van der Waals surface area contributed by atoms with E-state index in [9.17, 15) is 14.4 Å². The highest BCUT2D eigenvalue weighted by molar-refractivity contribution is 6.11. The van der Waals surface area contributed by atoms with E-state index in [1.807, 2.05) is 37.1 Å². The van der Waals surface area contributed by atoms with Gasteiger partial charge in [0.1, 0.15) is 6.54 Å². The third-order valence-corrected chi connectivity index (χ3v) is 5.68. The third-order valence-electron chi connectivity index (χ3n) is 5.68. The van der Waals surface area contributed by atoms with Gasteiger partial charge < -0.3 is 10.4 Å². The van der Waals surface area contributed by atoms with Crippen molar-refractivity contribution < 1.29 is 19.5 Å². The van der Waals surface area contributed by atoms with E-state index in [4.69, 9.17) is 5.11 Å². The first-order valence-corrected chi connectivity index (χ1v) is 9.73. The number of carboxylic acids is 1. The fraction of sp³-hybridized carbons (Fsp3) is 0.550. The maximum atomic E-state index is 13.2. The topological polar surface area (TPSA) is 93.2 Å². The molecule has 0 saturated carbocycles. The van der Waals surface area contributed by atoms with E-state index in [0.717, 1.165) is 38.0 Å². The molecule has 2 N–H and O–H groups in total. The van der Waals surface area contributed by atoms with Gasteiger partial charge in [-0.05, 0) is 51.9 Å². The molecule has 2 unspecified atom stereocenters. The number of amides is 2. The molecule has 0 bridgehead atoms. The molecule has 2 aliphatic heterocycles. The number of nitrogens with zero attached hydrogens (tertiary/aromatic N) is 3. The molecule has 1 aromatic rings. The Labute approximate surface area is 165 Å². The monoisotopic (exact) mass is 388 g/mol. The van der Waals surface area contributed by atoms with Crippen molar-refractivity contribution in [2.75, 3.05) is 43.4 Å². The Morgan fingerprint density at radius 1 is 1.29 bits per heavy atom. The summed E-state index contributed by atoms with van der Waals surface area (Å²) in [7, 11) is 1.84. The van der Waals surface area contributed by atoms with Gasteiger partial charge >= 0.3 is 5.97 Å². The first kappa shape index (κ1) is 20.3. The minimum Gasteiger partial charge on any atom is -0.480 e. The zero-order valence-corrected chi connectivity index (χ0v) is 16.4. The Kier molecular flexibility index (Phi) is 6.31. The maximum absolute atomic E-state index is 13.2. The lowest BCUT2D eigenvalue weighted by Crippen LogP contribution is -2.51. The summed E-state index contributed by atoms with van der Waals surface area (Å²) < 4.78 is 0. The number of anilines is 2. The molecule has 2 aliphatic rings. The van der Waals surface area contributed by atoms with Gasteiger partial charge in [0.25, 0.3) is 0 Å².